The second-order valence-corrected chi connectivity index (χ2v) is 7.78. The molecule has 0 unspecified atom stereocenters. The monoisotopic (exact) mass is 369 g/mol. The van der Waals surface area contributed by atoms with E-state index >= 15 is 0 Å². The van der Waals surface area contributed by atoms with Gasteiger partial charge in [-0.05, 0) is 61.4 Å². The number of nitrogens with zero attached hydrogens (tertiary/aromatic N) is 3. The zero-order chi connectivity index (χ0) is 18.7. The summed E-state index contributed by atoms with van der Waals surface area (Å²) in [5.41, 5.74) is 4.46. The molecule has 1 saturated heterocycles. The van der Waals surface area contributed by atoms with Gasteiger partial charge in [-0.3, -0.25) is 4.79 Å². The van der Waals surface area contributed by atoms with Gasteiger partial charge in [0, 0.05) is 30.1 Å². The Balaban J connectivity index is 1.93. The smallest absolute Gasteiger partial charge is 0.323 e. The van der Waals surface area contributed by atoms with Crippen molar-refractivity contribution in [3.05, 3.63) is 52.3 Å². The van der Waals surface area contributed by atoms with E-state index < -0.39 is 5.97 Å². The van der Waals surface area contributed by atoms with Crippen LogP contribution in [-0.4, -0.2) is 33.0 Å². The number of carboxylic acid groups (broad SMARTS) is 1. The summed E-state index contributed by atoms with van der Waals surface area (Å²) in [5.74, 6) is -0.934. The summed E-state index contributed by atoms with van der Waals surface area (Å²) >= 11 is 1.80. The maximum atomic E-state index is 11.2. The summed E-state index contributed by atoms with van der Waals surface area (Å²) in [5, 5.41) is 18.7. The number of carboxylic acids is 1. The van der Waals surface area contributed by atoms with E-state index in [4.69, 9.17) is 5.11 Å². The number of aliphatic carboxylic acids is 1. The molecule has 0 atom stereocenters. The SMILES string of the molecule is Cc1c(Cc2ccccc2SN2CCCC2)c(C)n(CC(=O)O)c1C#N. The predicted octanol–water partition coefficient (Wildman–Crippen LogP) is 3.75. The van der Waals surface area contributed by atoms with Crippen molar-refractivity contribution in [1.29, 1.82) is 5.26 Å². The largest absolute Gasteiger partial charge is 0.480 e. The van der Waals surface area contributed by atoms with E-state index in [0.717, 1.165) is 29.9 Å². The van der Waals surface area contributed by atoms with Crippen molar-refractivity contribution in [2.75, 3.05) is 13.1 Å². The van der Waals surface area contributed by atoms with Gasteiger partial charge in [0.2, 0.25) is 0 Å². The number of hydrogen-bond donors (Lipinski definition) is 1. The van der Waals surface area contributed by atoms with Gasteiger partial charge in [0.15, 0.2) is 0 Å². The van der Waals surface area contributed by atoms with Gasteiger partial charge < -0.3 is 9.67 Å². The van der Waals surface area contributed by atoms with Crippen LogP contribution in [0.25, 0.3) is 0 Å². The fourth-order valence-corrected chi connectivity index (χ4v) is 4.65. The van der Waals surface area contributed by atoms with Gasteiger partial charge in [-0.1, -0.05) is 18.2 Å². The van der Waals surface area contributed by atoms with E-state index in [9.17, 15) is 10.1 Å². The summed E-state index contributed by atoms with van der Waals surface area (Å²) in [6, 6.07) is 10.5. The lowest BCUT2D eigenvalue weighted by Gasteiger charge is -2.16. The lowest BCUT2D eigenvalue weighted by Crippen LogP contribution is -2.12. The molecule has 2 aromatic rings. The third kappa shape index (κ3) is 3.79. The molecule has 1 aromatic carbocycles. The van der Waals surface area contributed by atoms with Gasteiger partial charge in [-0.25, -0.2) is 4.31 Å². The third-order valence-electron chi connectivity index (χ3n) is 4.95. The molecule has 26 heavy (non-hydrogen) atoms. The highest BCUT2D eigenvalue weighted by molar-refractivity contribution is 7.97. The van der Waals surface area contributed by atoms with Gasteiger partial charge in [0.05, 0.1) is 0 Å². The van der Waals surface area contributed by atoms with Crippen LogP contribution >= 0.6 is 11.9 Å². The van der Waals surface area contributed by atoms with Crippen LogP contribution in [0.4, 0.5) is 0 Å². The standard InChI is InChI=1S/C20H23N3O2S/c1-14-17(15(2)23(13-20(24)25)18(14)12-21)11-16-7-3-4-8-19(16)26-22-9-5-6-10-22/h3-4,7-8H,5-6,9-11,13H2,1-2H3,(H,24,25). The van der Waals surface area contributed by atoms with Gasteiger partial charge >= 0.3 is 5.97 Å². The molecule has 3 rings (SSSR count). The summed E-state index contributed by atoms with van der Waals surface area (Å²) in [6.45, 7) is 5.87. The first-order valence-electron chi connectivity index (χ1n) is 8.82. The molecular formula is C20H23N3O2S. The van der Waals surface area contributed by atoms with E-state index in [0.29, 0.717) is 12.1 Å². The Morgan fingerprint density at radius 2 is 1.96 bits per heavy atom. The number of hydrogen-bond acceptors (Lipinski definition) is 4. The molecule has 1 aliphatic heterocycles. The second-order valence-electron chi connectivity index (χ2n) is 6.64. The Morgan fingerprint density at radius 1 is 1.27 bits per heavy atom. The molecule has 1 aromatic heterocycles. The van der Waals surface area contributed by atoms with Crippen molar-refractivity contribution in [3.8, 4) is 6.07 Å². The van der Waals surface area contributed by atoms with E-state index in [-0.39, 0.29) is 6.54 Å². The quantitative estimate of drug-likeness (QED) is 0.785. The zero-order valence-corrected chi connectivity index (χ0v) is 16.0. The number of nitriles is 1. The van der Waals surface area contributed by atoms with Gasteiger partial charge in [-0.2, -0.15) is 5.26 Å². The van der Waals surface area contributed by atoms with E-state index in [1.165, 1.54) is 23.3 Å². The third-order valence-corrected chi connectivity index (χ3v) is 6.17. The molecule has 0 aliphatic carbocycles. The van der Waals surface area contributed by atoms with Crippen LogP contribution in [0.2, 0.25) is 0 Å². The predicted molar refractivity (Wildman–Crippen MR) is 102 cm³/mol. The molecular weight excluding hydrogens is 346 g/mol. The fourth-order valence-electron chi connectivity index (χ4n) is 3.53. The number of benzene rings is 1. The molecule has 1 fully saturated rings. The number of rotatable bonds is 6. The molecule has 0 bridgehead atoms. The Kier molecular flexibility index (Phi) is 5.70. The van der Waals surface area contributed by atoms with Crippen molar-refractivity contribution in [2.24, 2.45) is 0 Å². The van der Waals surface area contributed by atoms with Crippen LogP contribution in [0.3, 0.4) is 0 Å². The van der Waals surface area contributed by atoms with E-state index in [1.54, 1.807) is 16.5 Å². The lowest BCUT2D eigenvalue weighted by atomic mass is 10.0. The van der Waals surface area contributed by atoms with Crippen LogP contribution in [-0.2, 0) is 17.8 Å². The maximum absolute atomic E-state index is 11.2. The highest BCUT2D eigenvalue weighted by Gasteiger charge is 2.21. The van der Waals surface area contributed by atoms with Crippen molar-refractivity contribution < 1.29 is 9.90 Å². The number of carbonyl (C=O) groups is 1. The molecule has 2 heterocycles. The Labute approximate surface area is 158 Å². The summed E-state index contributed by atoms with van der Waals surface area (Å²) in [7, 11) is 0. The van der Waals surface area contributed by atoms with Crippen LogP contribution in [0, 0.1) is 25.2 Å². The van der Waals surface area contributed by atoms with Gasteiger partial charge in [0.25, 0.3) is 0 Å². The molecule has 0 radical (unpaired) electrons. The van der Waals surface area contributed by atoms with Crippen molar-refractivity contribution in [2.45, 2.75) is 44.6 Å². The Hall–Kier alpha value is -2.23. The maximum Gasteiger partial charge on any atom is 0.323 e. The van der Waals surface area contributed by atoms with E-state index in [2.05, 4.69) is 28.6 Å². The molecule has 6 heteroatoms. The van der Waals surface area contributed by atoms with E-state index in [1.807, 2.05) is 19.9 Å². The topological polar surface area (TPSA) is 69.3 Å². The van der Waals surface area contributed by atoms with Crippen LogP contribution in [0.1, 0.15) is 40.9 Å². The van der Waals surface area contributed by atoms with Crippen LogP contribution < -0.4 is 0 Å². The summed E-state index contributed by atoms with van der Waals surface area (Å²) in [6.07, 6.45) is 3.20. The first-order valence-corrected chi connectivity index (χ1v) is 9.60. The molecule has 5 nitrogen and oxygen atoms in total. The minimum Gasteiger partial charge on any atom is -0.480 e. The van der Waals surface area contributed by atoms with Crippen molar-refractivity contribution in [3.63, 3.8) is 0 Å². The Morgan fingerprint density at radius 3 is 2.62 bits per heavy atom. The first kappa shape index (κ1) is 18.6. The Bertz CT molecular complexity index is 861. The van der Waals surface area contributed by atoms with Crippen molar-refractivity contribution >= 4 is 17.9 Å². The fraction of sp³-hybridized carbons (Fsp3) is 0.400. The van der Waals surface area contributed by atoms with Crippen molar-refractivity contribution in [1.82, 2.24) is 8.87 Å². The minimum absolute atomic E-state index is 0.181. The van der Waals surface area contributed by atoms with Crippen LogP contribution in [0.15, 0.2) is 29.2 Å². The van der Waals surface area contributed by atoms with Gasteiger partial charge in [-0.15, -0.1) is 0 Å². The second kappa shape index (κ2) is 7.98. The zero-order valence-electron chi connectivity index (χ0n) is 15.2. The molecule has 0 amide bonds. The first-order chi connectivity index (χ1) is 12.5. The molecule has 136 valence electrons. The lowest BCUT2D eigenvalue weighted by molar-refractivity contribution is -0.137. The minimum atomic E-state index is -0.934. The molecule has 1 aliphatic rings. The average molecular weight is 369 g/mol. The molecule has 0 saturated carbocycles. The molecule has 0 spiro atoms. The van der Waals surface area contributed by atoms with Crippen LogP contribution in [0.5, 0.6) is 0 Å². The molecule has 1 N–H and O–H groups in total. The number of aromatic nitrogens is 1. The summed E-state index contributed by atoms with van der Waals surface area (Å²) in [4.78, 5) is 12.4. The average Bonchev–Trinajstić information content (AvgIpc) is 3.19. The van der Waals surface area contributed by atoms with Gasteiger partial charge in [0.1, 0.15) is 18.3 Å². The highest BCUT2D eigenvalue weighted by Crippen LogP contribution is 2.32. The summed E-state index contributed by atoms with van der Waals surface area (Å²) < 4.78 is 4.01. The highest BCUT2D eigenvalue weighted by atomic mass is 32.2. The normalized spacial score (nSPS) is 14.5.